The second-order valence-corrected chi connectivity index (χ2v) is 7.55. The summed E-state index contributed by atoms with van der Waals surface area (Å²) in [4.78, 5) is 29.3. The number of aromatic nitrogens is 1. The number of amides is 1. The fourth-order valence-electron chi connectivity index (χ4n) is 1.79. The summed E-state index contributed by atoms with van der Waals surface area (Å²) in [5, 5.41) is 14.6. The summed E-state index contributed by atoms with van der Waals surface area (Å²) >= 11 is 2.95. The smallest absolute Gasteiger partial charge is 0.309 e. The second kappa shape index (κ2) is 6.58. The van der Waals surface area contributed by atoms with Crippen molar-refractivity contribution in [3.8, 4) is 9.88 Å². The molecule has 0 atom stereocenters. The number of nitrogens with one attached hydrogen (secondary N) is 1. The van der Waals surface area contributed by atoms with Gasteiger partial charge in [-0.15, -0.1) is 22.7 Å². The SMILES string of the molecule is Cc1nc(-c2cccs2)sc1C(=O)NCCC(C)(C)C(=O)O. The second-order valence-electron chi connectivity index (χ2n) is 5.61. The molecule has 2 aromatic heterocycles. The number of hydrogen-bond acceptors (Lipinski definition) is 5. The van der Waals surface area contributed by atoms with Gasteiger partial charge < -0.3 is 10.4 Å². The Hall–Kier alpha value is -1.73. The Morgan fingerprint density at radius 3 is 2.73 bits per heavy atom. The van der Waals surface area contributed by atoms with E-state index in [9.17, 15) is 9.59 Å². The molecule has 0 saturated carbocycles. The summed E-state index contributed by atoms with van der Waals surface area (Å²) in [5.74, 6) is -1.06. The van der Waals surface area contributed by atoms with Crippen LogP contribution in [0.2, 0.25) is 0 Å². The number of thiazole rings is 1. The van der Waals surface area contributed by atoms with Gasteiger partial charge >= 0.3 is 5.97 Å². The van der Waals surface area contributed by atoms with Crippen LogP contribution in [0.4, 0.5) is 0 Å². The molecule has 2 rings (SSSR count). The number of hydrogen-bond donors (Lipinski definition) is 2. The van der Waals surface area contributed by atoms with Crippen LogP contribution in [0.3, 0.4) is 0 Å². The van der Waals surface area contributed by atoms with E-state index in [1.165, 1.54) is 11.3 Å². The van der Waals surface area contributed by atoms with Crippen molar-refractivity contribution in [2.75, 3.05) is 6.54 Å². The van der Waals surface area contributed by atoms with Crippen molar-refractivity contribution in [2.45, 2.75) is 27.2 Å². The topological polar surface area (TPSA) is 79.3 Å². The third-order valence-corrected chi connectivity index (χ3v) is 5.54. The van der Waals surface area contributed by atoms with E-state index in [2.05, 4.69) is 10.3 Å². The molecule has 2 aromatic rings. The van der Waals surface area contributed by atoms with Crippen LogP contribution in [0, 0.1) is 12.3 Å². The Morgan fingerprint density at radius 1 is 1.41 bits per heavy atom. The van der Waals surface area contributed by atoms with Crippen LogP contribution >= 0.6 is 22.7 Å². The molecule has 118 valence electrons. The van der Waals surface area contributed by atoms with Crippen molar-refractivity contribution in [3.63, 3.8) is 0 Å². The summed E-state index contributed by atoms with van der Waals surface area (Å²) in [5.41, 5.74) is -0.151. The lowest BCUT2D eigenvalue weighted by Gasteiger charge is -2.18. The number of carboxylic acids is 1. The molecule has 0 saturated heterocycles. The molecule has 0 fully saturated rings. The van der Waals surface area contributed by atoms with Crippen LogP contribution in [0.25, 0.3) is 9.88 Å². The first-order valence-electron chi connectivity index (χ1n) is 6.84. The number of rotatable bonds is 6. The predicted octanol–water partition coefficient (Wildman–Crippen LogP) is 3.41. The molecule has 0 aromatic carbocycles. The number of aryl methyl sites for hydroxylation is 1. The number of thiophene rings is 1. The summed E-state index contributed by atoms with van der Waals surface area (Å²) in [6.45, 7) is 5.43. The van der Waals surface area contributed by atoms with E-state index in [0.717, 1.165) is 9.88 Å². The summed E-state index contributed by atoms with van der Waals surface area (Å²) in [6, 6.07) is 3.92. The predicted molar refractivity (Wildman–Crippen MR) is 88.5 cm³/mol. The van der Waals surface area contributed by atoms with Crippen molar-refractivity contribution in [3.05, 3.63) is 28.1 Å². The average molecular weight is 338 g/mol. The molecule has 22 heavy (non-hydrogen) atoms. The van der Waals surface area contributed by atoms with E-state index in [1.54, 1.807) is 25.2 Å². The Morgan fingerprint density at radius 2 is 2.14 bits per heavy atom. The number of carboxylic acid groups (broad SMARTS) is 1. The first kappa shape index (κ1) is 16.6. The van der Waals surface area contributed by atoms with Gasteiger partial charge in [-0.05, 0) is 38.6 Å². The zero-order valence-electron chi connectivity index (χ0n) is 12.7. The van der Waals surface area contributed by atoms with Gasteiger partial charge in [0, 0.05) is 6.54 Å². The van der Waals surface area contributed by atoms with Gasteiger partial charge in [-0.1, -0.05) is 6.07 Å². The van der Waals surface area contributed by atoms with Crippen LogP contribution < -0.4 is 5.32 Å². The lowest BCUT2D eigenvalue weighted by atomic mass is 9.90. The fourth-order valence-corrected chi connectivity index (χ4v) is 3.57. The number of carbonyl (C=O) groups is 2. The Labute approximate surface area is 137 Å². The van der Waals surface area contributed by atoms with Gasteiger partial charge in [0.1, 0.15) is 9.88 Å². The fraction of sp³-hybridized carbons (Fsp3) is 0.400. The van der Waals surface area contributed by atoms with E-state index in [0.29, 0.717) is 23.5 Å². The van der Waals surface area contributed by atoms with Crippen molar-refractivity contribution >= 4 is 34.6 Å². The van der Waals surface area contributed by atoms with Crippen LogP contribution in [0.15, 0.2) is 17.5 Å². The number of nitrogens with zero attached hydrogens (tertiary/aromatic N) is 1. The van der Waals surface area contributed by atoms with E-state index in [-0.39, 0.29) is 5.91 Å². The normalized spacial score (nSPS) is 11.4. The molecule has 0 aliphatic heterocycles. The first-order valence-corrected chi connectivity index (χ1v) is 8.54. The van der Waals surface area contributed by atoms with Crippen LogP contribution in [0.1, 0.15) is 35.6 Å². The van der Waals surface area contributed by atoms with Gasteiger partial charge in [0.15, 0.2) is 0 Å². The molecule has 2 heterocycles. The highest BCUT2D eigenvalue weighted by atomic mass is 32.1. The highest BCUT2D eigenvalue weighted by Gasteiger charge is 2.27. The summed E-state index contributed by atoms with van der Waals surface area (Å²) in [6.07, 6.45) is 0.379. The minimum Gasteiger partial charge on any atom is -0.481 e. The largest absolute Gasteiger partial charge is 0.481 e. The molecule has 0 radical (unpaired) electrons. The monoisotopic (exact) mass is 338 g/mol. The van der Waals surface area contributed by atoms with Crippen molar-refractivity contribution in [2.24, 2.45) is 5.41 Å². The maximum Gasteiger partial charge on any atom is 0.309 e. The highest BCUT2D eigenvalue weighted by molar-refractivity contribution is 7.22. The molecular formula is C15H18N2O3S2. The van der Waals surface area contributed by atoms with Gasteiger partial charge in [0.2, 0.25) is 0 Å². The van der Waals surface area contributed by atoms with E-state index in [1.807, 2.05) is 24.4 Å². The molecular weight excluding hydrogens is 320 g/mol. The van der Waals surface area contributed by atoms with E-state index in [4.69, 9.17) is 5.11 Å². The van der Waals surface area contributed by atoms with E-state index < -0.39 is 11.4 Å². The minimum absolute atomic E-state index is 0.195. The van der Waals surface area contributed by atoms with Gasteiger partial charge in [-0.3, -0.25) is 9.59 Å². The summed E-state index contributed by atoms with van der Waals surface area (Å²) < 4.78 is 0. The maximum atomic E-state index is 12.2. The molecule has 7 heteroatoms. The molecule has 0 spiro atoms. The lowest BCUT2D eigenvalue weighted by Crippen LogP contribution is -2.31. The molecule has 0 aliphatic carbocycles. The standard InChI is InChI=1S/C15H18N2O3S2/c1-9-11(22-13(17-9)10-5-4-8-21-10)12(18)16-7-6-15(2,3)14(19)20/h4-5,8H,6-7H2,1-3H3,(H,16,18)(H,19,20). The van der Waals surface area contributed by atoms with Crippen LogP contribution in [0.5, 0.6) is 0 Å². The Kier molecular flexibility index (Phi) is 4.97. The maximum absolute atomic E-state index is 12.2. The highest BCUT2D eigenvalue weighted by Crippen LogP contribution is 2.31. The van der Waals surface area contributed by atoms with Gasteiger partial charge in [-0.2, -0.15) is 0 Å². The van der Waals surface area contributed by atoms with Crippen molar-refractivity contribution in [1.82, 2.24) is 10.3 Å². The first-order chi connectivity index (χ1) is 10.3. The van der Waals surface area contributed by atoms with E-state index >= 15 is 0 Å². The lowest BCUT2D eigenvalue weighted by molar-refractivity contribution is -0.147. The zero-order chi connectivity index (χ0) is 16.3. The van der Waals surface area contributed by atoms with Crippen molar-refractivity contribution in [1.29, 1.82) is 0 Å². The molecule has 5 nitrogen and oxygen atoms in total. The van der Waals surface area contributed by atoms with Gasteiger partial charge in [-0.25, -0.2) is 4.98 Å². The molecule has 1 amide bonds. The molecule has 0 unspecified atom stereocenters. The van der Waals surface area contributed by atoms with Gasteiger partial charge in [0.25, 0.3) is 5.91 Å². The Balaban J connectivity index is 2.00. The summed E-state index contributed by atoms with van der Waals surface area (Å²) in [7, 11) is 0. The van der Waals surface area contributed by atoms with Crippen LogP contribution in [-0.2, 0) is 4.79 Å². The molecule has 0 aliphatic rings. The third-order valence-electron chi connectivity index (χ3n) is 3.35. The number of carbonyl (C=O) groups excluding carboxylic acids is 1. The van der Waals surface area contributed by atoms with Crippen LogP contribution in [-0.4, -0.2) is 28.5 Å². The quantitative estimate of drug-likeness (QED) is 0.846. The zero-order valence-corrected chi connectivity index (χ0v) is 14.3. The third kappa shape index (κ3) is 3.72. The van der Waals surface area contributed by atoms with Gasteiger partial charge in [0.05, 0.1) is 16.0 Å². The minimum atomic E-state index is -0.865. The number of aliphatic carboxylic acids is 1. The molecule has 0 bridgehead atoms. The average Bonchev–Trinajstić information content (AvgIpc) is 3.06. The molecule has 2 N–H and O–H groups in total. The van der Waals surface area contributed by atoms with Crippen molar-refractivity contribution < 1.29 is 14.7 Å². The Bertz CT molecular complexity index is 675.